The Hall–Kier alpha value is -1.00. The van der Waals surface area contributed by atoms with Crippen LogP contribution in [0.15, 0.2) is 24.5 Å². The first-order valence-electron chi connectivity index (χ1n) is 6.01. The van der Waals surface area contributed by atoms with Crippen molar-refractivity contribution in [3.63, 3.8) is 0 Å². The molecule has 1 saturated heterocycles. The maximum absolute atomic E-state index is 5.80. The number of thiocarbonyl (C=S) groups is 1. The van der Waals surface area contributed by atoms with E-state index < -0.39 is 0 Å². The summed E-state index contributed by atoms with van der Waals surface area (Å²) in [5.74, 6) is 0. The van der Waals surface area contributed by atoms with Crippen LogP contribution in [0.4, 0.5) is 0 Å². The number of nitrogens with zero attached hydrogens (tertiary/aromatic N) is 2. The quantitative estimate of drug-likeness (QED) is 0.832. The number of likely N-dealkylation sites (tertiary alicyclic amines) is 1. The second kappa shape index (κ2) is 5.10. The van der Waals surface area contributed by atoms with E-state index in [4.69, 9.17) is 18.0 Å². The van der Waals surface area contributed by atoms with Gasteiger partial charge in [0.1, 0.15) is 0 Å². The molecule has 0 unspecified atom stereocenters. The Morgan fingerprint density at radius 1 is 1.53 bits per heavy atom. The molecule has 0 atom stereocenters. The van der Waals surface area contributed by atoms with E-state index in [9.17, 15) is 0 Å². The average Bonchev–Trinajstić information content (AvgIpc) is 2.33. The Morgan fingerprint density at radius 2 is 2.24 bits per heavy atom. The van der Waals surface area contributed by atoms with Crippen molar-refractivity contribution in [3.8, 4) is 0 Å². The van der Waals surface area contributed by atoms with Crippen molar-refractivity contribution in [1.82, 2.24) is 9.88 Å². The minimum atomic E-state index is 0.0563. The molecule has 3 nitrogen and oxygen atoms in total. The van der Waals surface area contributed by atoms with Crippen LogP contribution >= 0.6 is 12.2 Å². The topological polar surface area (TPSA) is 42.1 Å². The zero-order valence-corrected chi connectivity index (χ0v) is 11.0. The summed E-state index contributed by atoms with van der Waals surface area (Å²) in [6.45, 7) is 5.27. The third-order valence-corrected chi connectivity index (χ3v) is 4.18. The summed E-state index contributed by atoms with van der Waals surface area (Å²) in [5, 5.41) is 0. The molecule has 1 aromatic rings. The van der Waals surface area contributed by atoms with Gasteiger partial charge in [0, 0.05) is 24.4 Å². The number of hydrogen-bond acceptors (Lipinski definition) is 3. The Balaban J connectivity index is 1.90. The number of rotatable bonds is 3. The van der Waals surface area contributed by atoms with Crippen molar-refractivity contribution in [3.05, 3.63) is 30.1 Å². The third-order valence-electron chi connectivity index (χ3n) is 3.68. The van der Waals surface area contributed by atoms with Gasteiger partial charge in [-0.3, -0.25) is 9.88 Å². The van der Waals surface area contributed by atoms with E-state index in [1.54, 1.807) is 0 Å². The van der Waals surface area contributed by atoms with E-state index in [2.05, 4.69) is 22.9 Å². The Bertz CT molecular complexity index is 383. The van der Waals surface area contributed by atoms with Gasteiger partial charge in [0.2, 0.25) is 0 Å². The minimum absolute atomic E-state index is 0.0563. The number of nitrogens with two attached hydrogens (primary N) is 1. The van der Waals surface area contributed by atoms with E-state index in [1.165, 1.54) is 5.56 Å². The lowest BCUT2D eigenvalue weighted by Gasteiger charge is -2.38. The van der Waals surface area contributed by atoms with Gasteiger partial charge >= 0.3 is 0 Å². The predicted molar refractivity (Wildman–Crippen MR) is 73.6 cm³/mol. The Kier molecular flexibility index (Phi) is 3.74. The van der Waals surface area contributed by atoms with Crippen LogP contribution in [-0.4, -0.2) is 28.0 Å². The zero-order chi connectivity index (χ0) is 12.3. The highest BCUT2D eigenvalue weighted by molar-refractivity contribution is 7.80. The fraction of sp³-hybridized carbons (Fsp3) is 0.538. The van der Waals surface area contributed by atoms with Crippen molar-refractivity contribution >= 4 is 17.2 Å². The number of pyridine rings is 1. The Morgan fingerprint density at radius 3 is 2.76 bits per heavy atom. The molecule has 1 fully saturated rings. The molecule has 1 aliphatic rings. The lowest BCUT2D eigenvalue weighted by atomic mass is 9.80. The molecular formula is C13H19N3S. The van der Waals surface area contributed by atoms with Gasteiger partial charge in [-0.05, 0) is 37.6 Å². The molecule has 0 radical (unpaired) electrons. The van der Waals surface area contributed by atoms with Gasteiger partial charge in [-0.15, -0.1) is 0 Å². The molecule has 17 heavy (non-hydrogen) atoms. The van der Waals surface area contributed by atoms with Crippen LogP contribution in [0, 0.1) is 5.41 Å². The molecule has 0 amide bonds. The number of piperidine rings is 1. The van der Waals surface area contributed by atoms with Crippen molar-refractivity contribution in [2.24, 2.45) is 11.1 Å². The molecule has 0 spiro atoms. The van der Waals surface area contributed by atoms with E-state index in [0.29, 0.717) is 4.99 Å². The van der Waals surface area contributed by atoms with Crippen LogP contribution in [0.2, 0.25) is 0 Å². The summed E-state index contributed by atoms with van der Waals surface area (Å²) in [7, 11) is 0. The van der Waals surface area contributed by atoms with Crippen LogP contribution in [0.25, 0.3) is 0 Å². The second-order valence-electron chi connectivity index (χ2n) is 5.06. The standard InChI is InChI=1S/C13H19N3S/c1-13(12(14)17)4-7-16(8-5-13)10-11-3-2-6-15-9-11/h2-3,6,9H,4-5,7-8,10H2,1H3,(H2,14,17). The first kappa shape index (κ1) is 12.5. The first-order chi connectivity index (χ1) is 8.10. The van der Waals surface area contributed by atoms with Gasteiger partial charge in [0.05, 0.1) is 4.99 Å². The molecule has 0 aliphatic carbocycles. The molecule has 1 aromatic heterocycles. The smallest absolute Gasteiger partial charge is 0.0788 e. The highest BCUT2D eigenvalue weighted by Gasteiger charge is 2.32. The van der Waals surface area contributed by atoms with Gasteiger partial charge in [0.15, 0.2) is 0 Å². The van der Waals surface area contributed by atoms with Crippen molar-refractivity contribution in [2.75, 3.05) is 13.1 Å². The van der Waals surface area contributed by atoms with Gasteiger partial charge in [-0.25, -0.2) is 0 Å². The fourth-order valence-corrected chi connectivity index (χ4v) is 2.41. The summed E-state index contributed by atoms with van der Waals surface area (Å²) in [5.41, 5.74) is 7.13. The highest BCUT2D eigenvalue weighted by atomic mass is 32.1. The Labute approximate surface area is 108 Å². The van der Waals surface area contributed by atoms with Gasteiger partial charge in [0.25, 0.3) is 0 Å². The number of aromatic nitrogens is 1. The van der Waals surface area contributed by atoms with Crippen LogP contribution < -0.4 is 5.73 Å². The molecule has 2 heterocycles. The fourth-order valence-electron chi connectivity index (χ4n) is 2.20. The van der Waals surface area contributed by atoms with Gasteiger partial charge in [-0.1, -0.05) is 25.2 Å². The molecule has 0 saturated carbocycles. The maximum atomic E-state index is 5.80. The first-order valence-corrected chi connectivity index (χ1v) is 6.42. The molecule has 0 aromatic carbocycles. The summed E-state index contributed by atoms with van der Waals surface area (Å²) in [6, 6.07) is 4.10. The molecule has 4 heteroatoms. The van der Waals surface area contributed by atoms with Crippen LogP contribution in [-0.2, 0) is 6.54 Å². The SMILES string of the molecule is CC1(C(N)=S)CCN(Cc2cccnc2)CC1. The highest BCUT2D eigenvalue weighted by Crippen LogP contribution is 2.31. The van der Waals surface area contributed by atoms with E-state index in [1.807, 2.05) is 18.5 Å². The molecule has 1 aliphatic heterocycles. The largest absolute Gasteiger partial charge is 0.393 e. The minimum Gasteiger partial charge on any atom is -0.393 e. The molecule has 92 valence electrons. The summed E-state index contributed by atoms with van der Waals surface area (Å²) in [6.07, 6.45) is 5.86. The van der Waals surface area contributed by atoms with Crippen molar-refractivity contribution < 1.29 is 0 Å². The lowest BCUT2D eigenvalue weighted by molar-refractivity contribution is 0.158. The molecule has 2 N–H and O–H groups in total. The van der Waals surface area contributed by atoms with E-state index in [-0.39, 0.29) is 5.41 Å². The normalized spacial score (nSPS) is 20.1. The van der Waals surface area contributed by atoms with Crippen molar-refractivity contribution in [2.45, 2.75) is 26.3 Å². The lowest BCUT2D eigenvalue weighted by Crippen LogP contribution is -2.44. The van der Waals surface area contributed by atoms with Gasteiger partial charge < -0.3 is 5.73 Å². The number of hydrogen-bond donors (Lipinski definition) is 1. The van der Waals surface area contributed by atoms with Crippen LogP contribution in [0.3, 0.4) is 0 Å². The summed E-state index contributed by atoms with van der Waals surface area (Å²) < 4.78 is 0. The third kappa shape index (κ3) is 3.01. The van der Waals surface area contributed by atoms with Crippen molar-refractivity contribution in [1.29, 1.82) is 0 Å². The summed E-state index contributed by atoms with van der Waals surface area (Å²) in [4.78, 5) is 7.25. The van der Waals surface area contributed by atoms with Crippen LogP contribution in [0.5, 0.6) is 0 Å². The molecule has 0 bridgehead atoms. The second-order valence-corrected chi connectivity index (χ2v) is 5.50. The van der Waals surface area contributed by atoms with E-state index in [0.717, 1.165) is 32.5 Å². The molecule has 2 rings (SSSR count). The van der Waals surface area contributed by atoms with E-state index >= 15 is 0 Å². The average molecular weight is 249 g/mol. The van der Waals surface area contributed by atoms with Gasteiger partial charge in [-0.2, -0.15) is 0 Å². The predicted octanol–water partition coefficient (Wildman–Crippen LogP) is 1.97. The zero-order valence-electron chi connectivity index (χ0n) is 10.2. The summed E-state index contributed by atoms with van der Waals surface area (Å²) >= 11 is 5.15. The molecular weight excluding hydrogens is 230 g/mol. The van der Waals surface area contributed by atoms with Crippen LogP contribution in [0.1, 0.15) is 25.3 Å². The monoisotopic (exact) mass is 249 g/mol. The maximum Gasteiger partial charge on any atom is 0.0788 e.